The summed E-state index contributed by atoms with van der Waals surface area (Å²) in [5.74, 6) is -0.890. The first-order chi connectivity index (χ1) is 8.20. The third-order valence-corrected chi connectivity index (χ3v) is 3.08. The molecule has 0 aromatic rings. The van der Waals surface area contributed by atoms with Gasteiger partial charge in [-0.3, -0.25) is 4.79 Å². The molecular weight excluding hydrogens is 236 g/mol. The van der Waals surface area contributed by atoms with Gasteiger partial charge in [-0.2, -0.15) is 0 Å². The number of carboxylic acids is 1. The number of carboxylic acid groups (broad SMARTS) is 1. The highest BCUT2D eigenvalue weighted by molar-refractivity contribution is 5.78. The largest absolute Gasteiger partial charge is 0.481 e. The Morgan fingerprint density at radius 1 is 1.44 bits per heavy atom. The Balaban J connectivity index is 2.69. The number of likely N-dealkylation sites (tertiary alicyclic amines) is 1. The van der Waals surface area contributed by atoms with E-state index >= 15 is 0 Å². The molecule has 1 rings (SSSR count). The first kappa shape index (κ1) is 14.8. The van der Waals surface area contributed by atoms with Crippen LogP contribution >= 0.6 is 0 Å². The Morgan fingerprint density at radius 3 is 2.50 bits per heavy atom. The number of nitrogens with two attached hydrogens (primary N) is 1. The van der Waals surface area contributed by atoms with E-state index in [1.54, 1.807) is 20.8 Å². The summed E-state index contributed by atoms with van der Waals surface area (Å²) in [5, 5.41) is 9.29. The Labute approximate surface area is 107 Å². The lowest BCUT2D eigenvalue weighted by molar-refractivity contribution is -0.148. The molecule has 0 bridgehead atoms. The van der Waals surface area contributed by atoms with Crippen molar-refractivity contribution in [3.63, 3.8) is 0 Å². The Bertz CT molecular complexity index is 337. The lowest BCUT2D eigenvalue weighted by Gasteiger charge is -2.26. The molecule has 1 amide bonds. The quantitative estimate of drug-likeness (QED) is 0.789. The van der Waals surface area contributed by atoms with Gasteiger partial charge in [0.05, 0.1) is 5.41 Å². The molecule has 1 heterocycles. The second-order valence-corrected chi connectivity index (χ2v) is 5.78. The van der Waals surface area contributed by atoms with Crippen molar-refractivity contribution in [3.05, 3.63) is 0 Å². The topological polar surface area (TPSA) is 92.9 Å². The molecule has 0 aromatic carbocycles. The van der Waals surface area contributed by atoms with E-state index in [0.29, 0.717) is 25.9 Å². The average molecular weight is 258 g/mol. The van der Waals surface area contributed by atoms with Crippen molar-refractivity contribution in [1.29, 1.82) is 0 Å². The summed E-state index contributed by atoms with van der Waals surface area (Å²) in [5.41, 5.74) is 3.98. The molecule has 0 spiro atoms. The summed E-state index contributed by atoms with van der Waals surface area (Å²) >= 11 is 0. The highest BCUT2D eigenvalue weighted by atomic mass is 16.6. The van der Waals surface area contributed by atoms with E-state index in [1.807, 2.05) is 0 Å². The highest BCUT2D eigenvalue weighted by Crippen LogP contribution is 2.34. The molecule has 1 atom stereocenters. The second-order valence-electron chi connectivity index (χ2n) is 5.78. The molecule has 0 aromatic heterocycles. The van der Waals surface area contributed by atoms with Gasteiger partial charge in [-0.15, -0.1) is 0 Å². The average Bonchev–Trinajstić information content (AvgIpc) is 2.61. The number of rotatable bonds is 3. The maximum atomic E-state index is 11.9. The van der Waals surface area contributed by atoms with Crippen LogP contribution in [0.5, 0.6) is 0 Å². The molecule has 1 fully saturated rings. The maximum Gasteiger partial charge on any atom is 0.410 e. The van der Waals surface area contributed by atoms with Crippen molar-refractivity contribution in [3.8, 4) is 0 Å². The molecule has 6 nitrogen and oxygen atoms in total. The summed E-state index contributed by atoms with van der Waals surface area (Å²) in [6.07, 6.45) is 0.350. The van der Waals surface area contributed by atoms with Gasteiger partial charge in [-0.25, -0.2) is 4.79 Å². The van der Waals surface area contributed by atoms with Crippen molar-refractivity contribution in [1.82, 2.24) is 4.90 Å². The summed E-state index contributed by atoms with van der Waals surface area (Å²) in [6, 6.07) is 0. The van der Waals surface area contributed by atoms with Gasteiger partial charge in [0.2, 0.25) is 0 Å². The van der Waals surface area contributed by atoms with Gasteiger partial charge in [-0.1, -0.05) is 0 Å². The predicted octanol–water partition coefficient (Wildman–Crippen LogP) is 1.05. The normalized spacial score (nSPS) is 24.1. The first-order valence-electron chi connectivity index (χ1n) is 6.12. The molecule has 1 saturated heterocycles. The van der Waals surface area contributed by atoms with Crippen molar-refractivity contribution >= 4 is 12.1 Å². The molecule has 0 saturated carbocycles. The van der Waals surface area contributed by atoms with Crippen molar-refractivity contribution in [2.75, 3.05) is 19.6 Å². The number of carbonyl (C=O) groups excluding carboxylic acids is 1. The van der Waals surface area contributed by atoms with Gasteiger partial charge < -0.3 is 20.5 Å². The molecule has 0 aliphatic carbocycles. The molecule has 1 aliphatic heterocycles. The number of hydrogen-bond acceptors (Lipinski definition) is 4. The highest BCUT2D eigenvalue weighted by Gasteiger charge is 2.46. The van der Waals surface area contributed by atoms with Crippen LogP contribution in [0.4, 0.5) is 4.79 Å². The van der Waals surface area contributed by atoms with Crippen LogP contribution in [0.3, 0.4) is 0 Å². The van der Waals surface area contributed by atoms with Gasteiger partial charge >= 0.3 is 12.1 Å². The molecule has 18 heavy (non-hydrogen) atoms. The van der Waals surface area contributed by atoms with Crippen LogP contribution < -0.4 is 5.73 Å². The Morgan fingerprint density at radius 2 is 2.06 bits per heavy atom. The number of carbonyl (C=O) groups is 2. The van der Waals surface area contributed by atoms with Crippen LogP contribution in [-0.2, 0) is 9.53 Å². The minimum absolute atomic E-state index is 0.175. The SMILES string of the molecule is CC(C)(C)OC(=O)N1CCC(CCN)(C(=O)O)C1. The number of nitrogens with zero attached hydrogens (tertiary/aromatic N) is 1. The van der Waals surface area contributed by atoms with Crippen LogP contribution in [0.25, 0.3) is 0 Å². The van der Waals surface area contributed by atoms with Crippen LogP contribution in [0, 0.1) is 5.41 Å². The fourth-order valence-electron chi connectivity index (χ4n) is 2.12. The minimum Gasteiger partial charge on any atom is -0.481 e. The van der Waals surface area contributed by atoms with E-state index in [4.69, 9.17) is 10.5 Å². The third kappa shape index (κ3) is 3.35. The van der Waals surface area contributed by atoms with E-state index in [-0.39, 0.29) is 6.54 Å². The van der Waals surface area contributed by atoms with E-state index < -0.39 is 23.1 Å². The number of hydrogen-bond donors (Lipinski definition) is 2. The summed E-state index contributed by atoms with van der Waals surface area (Å²) in [6.45, 7) is 6.23. The lowest BCUT2D eigenvalue weighted by atomic mass is 9.84. The molecule has 104 valence electrons. The Kier molecular flexibility index (Phi) is 4.21. The molecule has 1 unspecified atom stereocenters. The molecule has 1 aliphatic rings. The third-order valence-electron chi connectivity index (χ3n) is 3.08. The molecule has 6 heteroatoms. The van der Waals surface area contributed by atoms with E-state index in [9.17, 15) is 14.7 Å². The molecule has 0 radical (unpaired) electrons. The van der Waals surface area contributed by atoms with E-state index in [1.165, 1.54) is 4.90 Å². The fourth-order valence-corrected chi connectivity index (χ4v) is 2.12. The zero-order valence-corrected chi connectivity index (χ0v) is 11.2. The van der Waals surface area contributed by atoms with Crippen molar-refractivity contribution < 1.29 is 19.4 Å². The number of ether oxygens (including phenoxy) is 1. The van der Waals surface area contributed by atoms with Crippen LogP contribution in [0.1, 0.15) is 33.6 Å². The van der Waals surface area contributed by atoms with Gasteiger partial charge in [0.15, 0.2) is 0 Å². The maximum absolute atomic E-state index is 11.9. The number of amides is 1. The first-order valence-corrected chi connectivity index (χ1v) is 6.12. The van der Waals surface area contributed by atoms with E-state index in [0.717, 1.165) is 0 Å². The smallest absolute Gasteiger partial charge is 0.410 e. The molecule has 3 N–H and O–H groups in total. The monoisotopic (exact) mass is 258 g/mol. The van der Waals surface area contributed by atoms with Gasteiger partial charge in [0.1, 0.15) is 5.60 Å². The standard InChI is InChI=1S/C12H22N2O4/c1-11(2,3)18-10(17)14-7-5-12(8-14,4-6-13)9(15)16/h4-8,13H2,1-3H3,(H,15,16). The van der Waals surface area contributed by atoms with Gasteiger partial charge in [0.25, 0.3) is 0 Å². The number of aliphatic carboxylic acids is 1. The van der Waals surface area contributed by atoms with Crippen LogP contribution in [-0.4, -0.2) is 47.3 Å². The van der Waals surface area contributed by atoms with Crippen LogP contribution in [0.15, 0.2) is 0 Å². The minimum atomic E-state index is -0.911. The second kappa shape index (κ2) is 5.14. The molecular formula is C12H22N2O4. The summed E-state index contributed by atoms with van der Waals surface area (Å²) in [7, 11) is 0. The zero-order chi connectivity index (χ0) is 14.0. The Hall–Kier alpha value is -1.30. The summed E-state index contributed by atoms with van der Waals surface area (Å²) < 4.78 is 5.24. The van der Waals surface area contributed by atoms with Crippen molar-refractivity contribution in [2.24, 2.45) is 11.1 Å². The van der Waals surface area contributed by atoms with Gasteiger partial charge in [0, 0.05) is 13.1 Å². The fraction of sp³-hybridized carbons (Fsp3) is 0.833. The van der Waals surface area contributed by atoms with Gasteiger partial charge in [-0.05, 0) is 40.2 Å². The van der Waals surface area contributed by atoms with Crippen molar-refractivity contribution in [2.45, 2.75) is 39.2 Å². The summed E-state index contributed by atoms with van der Waals surface area (Å²) in [4.78, 5) is 24.6. The van der Waals surface area contributed by atoms with Crippen LogP contribution in [0.2, 0.25) is 0 Å². The lowest BCUT2D eigenvalue weighted by Crippen LogP contribution is -2.40. The predicted molar refractivity (Wildman–Crippen MR) is 66.2 cm³/mol. The van der Waals surface area contributed by atoms with E-state index in [2.05, 4.69) is 0 Å². The zero-order valence-electron chi connectivity index (χ0n) is 11.2.